The number of nitrogens with zero attached hydrogens (tertiary/aromatic N) is 1. The molecule has 1 saturated carbocycles. The molecule has 1 fully saturated rings. The summed E-state index contributed by atoms with van der Waals surface area (Å²) in [6.45, 7) is 1.99. The molecule has 0 aliphatic heterocycles. The van der Waals surface area contributed by atoms with Crippen molar-refractivity contribution in [2.45, 2.75) is 32.2 Å². The minimum Gasteiger partial charge on any atom is -0.344 e. The van der Waals surface area contributed by atoms with Crippen molar-refractivity contribution in [3.8, 4) is 0 Å². The van der Waals surface area contributed by atoms with Crippen LogP contribution >= 0.6 is 0 Å². The SMILES string of the molecule is CCc1ccc2c(ccn2C2CC2)c1F. The Morgan fingerprint density at radius 3 is 2.80 bits per heavy atom. The first-order valence-electron chi connectivity index (χ1n) is 5.59. The van der Waals surface area contributed by atoms with Crippen LogP contribution in [0.5, 0.6) is 0 Å². The van der Waals surface area contributed by atoms with Crippen molar-refractivity contribution in [3.05, 3.63) is 35.8 Å². The van der Waals surface area contributed by atoms with Crippen LogP contribution in [0.4, 0.5) is 4.39 Å². The Bertz CT molecular complexity index is 508. The Morgan fingerprint density at radius 2 is 2.13 bits per heavy atom. The Labute approximate surface area is 88.5 Å². The molecule has 1 aromatic carbocycles. The lowest BCUT2D eigenvalue weighted by atomic mass is 10.1. The van der Waals surface area contributed by atoms with Gasteiger partial charge in [0.05, 0.1) is 5.52 Å². The topological polar surface area (TPSA) is 4.93 Å². The standard InChI is InChI=1S/C13H14FN/c1-2-9-3-6-12-11(13(9)14)7-8-15(12)10-4-5-10/h3,6-8,10H,2,4-5H2,1H3. The van der Waals surface area contributed by atoms with Gasteiger partial charge in [-0.1, -0.05) is 13.0 Å². The Kier molecular flexibility index (Phi) is 1.84. The summed E-state index contributed by atoms with van der Waals surface area (Å²) in [4.78, 5) is 0. The molecular formula is C13H14FN. The van der Waals surface area contributed by atoms with Crippen molar-refractivity contribution in [3.63, 3.8) is 0 Å². The van der Waals surface area contributed by atoms with E-state index in [4.69, 9.17) is 0 Å². The van der Waals surface area contributed by atoms with E-state index in [-0.39, 0.29) is 5.82 Å². The average Bonchev–Trinajstić information content (AvgIpc) is 2.99. The zero-order valence-corrected chi connectivity index (χ0v) is 8.83. The Morgan fingerprint density at radius 1 is 1.33 bits per heavy atom. The second-order valence-electron chi connectivity index (χ2n) is 4.28. The fourth-order valence-electron chi connectivity index (χ4n) is 2.19. The van der Waals surface area contributed by atoms with E-state index in [1.807, 2.05) is 25.3 Å². The van der Waals surface area contributed by atoms with Crippen molar-refractivity contribution in [1.82, 2.24) is 4.57 Å². The number of aromatic nitrogens is 1. The third-order valence-corrected chi connectivity index (χ3v) is 3.24. The van der Waals surface area contributed by atoms with E-state index in [9.17, 15) is 4.39 Å². The summed E-state index contributed by atoms with van der Waals surface area (Å²) < 4.78 is 16.2. The van der Waals surface area contributed by atoms with Gasteiger partial charge in [0.15, 0.2) is 0 Å². The molecule has 0 N–H and O–H groups in total. The summed E-state index contributed by atoms with van der Waals surface area (Å²) in [5.41, 5.74) is 1.86. The summed E-state index contributed by atoms with van der Waals surface area (Å²) in [6, 6.07) is 6.49. The van der Waals surface area contributed by atoms with Gasteiger partial charge in [-0.3, -0.25) is 0 Å². The summed E-state index contributed by atoms with van der Waals surface area (Å²) in [5.74, 6) is -0.0330. The molecule has 1 nitrogen and oxygen atoms in total. The van der Waals surface area contributed by atoms with Crippen LogP contribution in [0.3, 0.4) is 0 Å². The first-order chi connectivity index (χ1) is 7.31. The minimum absolute atomic E-state index is 0.0330. The number of hydrogen-bond donors (Lipinski definition) is 0. The fraction of sp³-hybridized carbons (Fsp3) is 0.385. The third kappa shape index (κ3) is 1.28. The average molecular weight is 203 g/mol. The molecular weight excluding hydrogens is 189 g/mol. The molecule has 0 unspecified atom stereocenters. The number of halogens is 1. The molecule has 0 amide bonds. The smallest absolute Gasteiger partial charge is 0.135 e. The molecule has 1 aromatic heterocycles. The molecule has 1 aliphatic rings. The highest BCUT2D eigenvalue weighted by atomic mass is 19.1. The van der Waals surface area contributed by atoms with E-state index in [0.717, 1.165) is 22.9 Å². The number of benzene rings is 1. The molecule has 1 aliphatic carbocycles. The van der Waals surface area contributed by atoms with Crippen molar-refractivity contribution in [2.75, 3.05) is 0 Å². The van der Waals surface area contributed by atoms with Gasteiger partial charge < -0.3 is 4.57 Å². The maximum Gasteiger partial charge on any atom is 0.135 e. The van der Waals surface area contributed by atoms with Crippen molar-refractivity contribution in [2.24, 2.45) is 0 Å². The van der Waals surface area contributed by atoms with Gasteiger partial charge in [0.25, 0.3) is 0 Å². The predicted molar refractivity (Wildman–Crippen MR) is 59.5 cm³/mol. The summed E-state index contributed by atoms with van der Waals surface area (Å²) >= 11 is 0. The summed E-state index contributed by atoms with van der Waals surface area (Å²) in [6.07, 6.45) is 5.25. The van der Waals surface area contributed by atoms with E-state index >= 15 is 0 Å². The van der Waals surface area contributed by atoms with Gasteiger partial charge in [-0.15, -0.1) is 0 Å². The lowest BCUT2D eigenvalue weighted by molar-refractivity contribution is 0.624. The van der Waals surface area contributed by atoms with E-state index in [1.165, 1.54) is 12.8 Å². The zero-order chi connectivity index (χ0) is 10.4. The highest BCUT2D eigenvalue weighted by Crippen LogP contribution is 2.38. The van der Waals surface area contributed by atoms with Crippen LogP contribution in [0.25, 0.3) is 10.9 Å². The van der Waals surface area contributed by atoms with E-state index in [0.29, 0.717) is 6.04 Å². The van der Waals surface area contributed by atoms with E-state index in [2.05, 4.69) is 10.6 Å². The number of hydrogen-bond acceptors (Lipinski definition) is 0. The van der Waals surface area contributed by atoms with Crippen LogP contribution in [0.15, 0.2) is 24.4 Å². The molecule has 0 bridgehead atoms. The molecule has 2 aromatic rings. The Balaban J connectivity index is 2.24. The molecule has 2 heteroatoms. The summed E-state index contributed by atoms with van der Waals surface area (Å²) in [7, 11) is 0. The Hall–Kier alpha value is -1.31. The fourth-order valence-corrected chi connectivity index (χ4v) is 2.19. The van der Waals surface area contributed by atoms with Crippen molar-refractivity contribution >= 4 is 10.9 Å². The monoisotopic (exact) mass is 203 g/mol. The van der Waals surface area contributed by atoms with Crippen molar-refractivity contribution in [1.29, 1.82) is 0 Å². The van der Waals surface area contributed by atoms with Gasteiger partial charge in [0.1, 0.15) is 5.82 Å². The zero-order valence-electron chi connectivity index (χ0n) is 8.83. The predicted octanol–water partition coefficient (Wildman–Crippen LogP) is 3.68. The van der Waals surface area contributed by atoms with E-state index < -0.39 is 0 Å². The minimum atomic E-state index is -0.0330. The molecule has 0 saturated heterocycles. The number of fused-ring (bicyclic) bond motifs is 1. The first-order valence-corrected chi connectivity index (χ1v) is 5.59. The second kappa shape index (κ2) is 3.09. The van der Waals surface area contributed by atoms with Crippen molar-refractivity contribution < 1.29 is 4.39 Å². The molecule has 3 rings (SSSR count). The lowest BCUT2D eigenvalue weighted by Crippen LogP contribution is -1.93. The summed E-state index contributed by atoms with van der Waals surface area (Å²) in [5, 5.41) is 0.779. The van der Waals surface area contributed by atoms with Crippen LogP contribution in [-0.4, -0.2) is 4.57 Å². The molecule has 0 atom stereocenters. The highest BCUT2D eigenvalue weighted by Gasteiger charge is 2.24. The molecule has 1 heterocycles. The maximum atomic E-state index is 14.0. The van der Waals surface area contributed by atoms with Gasteiger partial charge in [0.2, 0.25) is 0 Å². The maximum absolute atomic E-state index is 14.0. The van der Waals surface area contributed by atoms with Crippen LogP contribution in [-0.2, 0) is 6.42 Å². The molecule has 0 radical (unpaired) electrons. The van der Waals surface area contributed by atoms with Gasteiger partial charge in [0, 0.05) is 17.6 Å². The van der Waals surface area contributed by atoms with Gasteiger partial charge in [-0.25, -0.2) is 4.39 Å². The van der Waals surface area contributed by atoms with Gasteiger partial charge in [-0.2, -0.15) is 0 Å². The quantitative estimate of drug-likeness (QED) is 0.701. The normalized spacial score (nSPS) is 16.1. The van der Waals surface area contributed by atoms with E-state index in [1.54, 1.807) is 0 Å². The number of aryl methyl sites for hydroxylation is 1. The van der Waals surface area contributed by atoms with Gasteiger partial charge >= 0.3 is 0 Å². The second-order valence-corrected chi connectivity index (χ2v) is 4.28. The van der Waals surface area contributed by atoms with Crippen LogP contribution < -0.4 is 0 Å². The third-order valence-electron chi connectivity index (χ3n) is 3.24. The van der Waals surface area contributed by atoms with Crippen LogP contribution in [0.1, 0.15) is 31.4 Å². The largest absolute Gasteiger partial charge is 0.344 e. The van der Waals surface area contributed by atoms with Crippen LogP contribution in [0, 0.1) is 5.82 Å². The van der Waals surface area contributed by atoms with Gasteiger partial charge in [-0.05, 0) is 37.0 Å². The van der Waals surface area contributed by atoms with Crippen LogP contribution in [0.2, 0.25) is 0 Å². The number of rotatable bonds is 2. The molecule has 78 valence electrons. The molecule has 15 heavy (non-hydrogen) atoms. The lowest BCUT2D eigenvalue weighted by Gasteiger charge is -2.04. The molecule has 0 spiro atoms. The highest BCUT2D eigenvalue weighted by molar-refractivity contribution is 5.82. The first kappa shape index (κ1) is 8.96.